The van der Waals surface area contributed by atoms with E-state index in [1.807, 2.05) is 32.0 Å². The van der Waals surface area contributed by atoms with Crippen molar-refractivity contribution in [1.82, 2.24) is 4.90 Å². The number of carbonyl (C=O) groups excluding carboxylic acids is 1. The van der Waals surface area contributed by atoms with E-state index >= 15 is 0 Å². The Morgan fingerprint density at radius 2 is 2.36 bits per heavy atom. The van der Waals surface area contributed by atoms with E-state index < -0.39 is 0 Å². The van der Waals surface area contributed by atoms with Crippen LogP contribution in [0.5, 0.6) is 0 Å². The molecular formula is C10H12N2OS. The second-order valence-electron chi connectivity index (χ2n) is 2.89. The summed E-state index contributed by atoms with van der Waals surface area (Å²) < 4.78 is 0. The van der Waals surface area contributed by atoms with Gasteiger partial charge in [0.2, 0.25) is 0 Å². The van der Waals surface area contributed by atoms with Crippen molar-refractivity contribution in [3.8, 4) is 6.07 Å². The van der Waals surface area contributed by atoms with Crippen molar-refractivity contribution in [1.29, 1.82) is 5.26 Å². The third-order valence-corrected chi connectivity index (χ3v) is 2.87. The topological polar surface area (TPSA) is 44.1 Å². The quantitative estimate of drug-likeness (QED) is 0.713. The number of hydrogen-bond donors (Lipinski definition) is 0. The molecule has 4 heteroatoms. The second kappa shape index (κ2) is 4.77. The van der Waals surface area contributed by atoms with E-state index in [2.05, 4.69) is 0 Å². The monoisotopic (exact) mass is 208 g/mol. The minimum atomic E-state index is -0.0489. The minimum absolute atomic E-state index is 0.0489. The van der Waals surface area contributed by atoms with E-state index in [1.165, 1.54) is 16.2 Å². The van der Waals surface area contributed by atoms with E-state index in [1.54, 1.807) is 0 Å². The standard InChI is InChI=1S/C10H12N2OS/c1-3-12(7-6-11)10(13)9-5-4-8(2)14-9/h4-5H,3,7H2,1-2H3. The van der Waals surface area contributed by atoms with Gasteiger partial charge in [0.15, 0.2) is 0 Å². The van der Waals surface area contributed by atoms with Crippen LogP contribution in [0.3, 0.4) is 0 Å². The van der Waals surface area contributed by atoms with E-state index in [9.17, 15) is 4.79 Å². The molecule has 1 amide bonds. The van der Waals surface area contributed by atoms with Gasteiger partial charge in [-0.25, -0.2) is 0 Å². The molecule has 3 nitrogen and oxygen atoms in total. The highest BCUT2D eigenvalue weighted by molar-refractivity contribution is 7.13. The number of aryl methyl sites for hydroxylation is 1. The number of rotatable bonds is 3. The zero-order valence-corrected chi connectivity index (χ0v) is 9.10. The van der Waals surface area contributed by atoms with Gasteiger partial charge in [-0.2, -0.15) is 5.26 Å². The molecule has 1 rings (SSSR count). The Hall–Kier alpha value is -1.34. The lowest BCUT2D eigenvalue weighted by Crippen LogP contribution is -2.30. The predicted octanol–water partition coefficient (Wildman–Crippen LogP) is 2.04. The molecule has 0 aliphatic carbocycles. The van der Waals surface area contributed by atoms with Crippen molar-refractivity contribution in [3.05, 3.63) is 21.9 Å². The molecule has 0 aliphatic heterocycles. The van der Waals surface area contributed by atoms with Gasteiger partial charge in [-0.05, 0) is 26.0 Å². The number of nitriles is 1. The Bertz CT molecular complexity index is 364. The van der Waals surface area contributed by atoms with E-state index in [0.29, 0.717) is 11.4 Å². The van der Waals surface area contributed by atoms with Crippen LogP contribution in [0, 0.1) is 18.3 Å². The SMILES string of the molecule is CCN(CC#N)C(=O)c1ccc(C)s1. The smallest absolute Gasteiger partial charge is 0.264 e. The van der Waals surface area contributed by atoms with Crippen molar-refractivity contribution in [2.45, 2.75) is 13.8 Å². The van der Waals surface area contributed by atoms with E-state index in [0.717, 1.165) is 4.88 Å². The fraction of sp³-hybridized carbons (Fsp3) is 0.400. The molecule has 0 unspecified atom stereocenters. The number of amides is 1. The molecule has 0 N–H and O–H groups in total. The molecule has 1 heterocycles. The summed E-state index contributed by atoms with van der Waals surface area (Å²) in [6, 6.07) is 5.71. The van der Waals surface area contributed by atoms with Crippen LogP contribution in [0.4, 0.5) is 0 Å². The Kier molecular flexibility index (Phi) is 3.66. The maximum atomic E-state index is 11.8. The lowest BCUT2D eigenvalue weighted by molar-refractivity contribution is 0.0789. The van der Waals surface area contributed by atoms with Gasteiger partial charge in [-0.1, -0.05) is 0 Å². The van der Waals surface area contributed by atoms with Gasteiger partial charge in [0.25, 0.3) is 5.91 Å². The zero-order chi connectivity index (χ0) is 10.6. The molecule has 0 radical (unpaired) electrons. The third-order valence-electron chi connectivity index (χ3n) is 1.88. The lowest BCUT2D eigenvalue weighted by Gasteiger charge is -2.15. The first kappa shape index (κ1) is 10.7. The van der Waals surface area contributed by atoms with Crippen LogP contribution in [0.2, 0.25) is 0 Å². The first-order valence-corrected chi connectivity index (χ1v) is 5.23. The molecule has 0 spiro atoms. The Balaban J connectivity index is 2.78. The summed E-state index contributed by atoms with van der Waals surface area (Å²) in [6.45, 7) is 4.56. The number of hydrogen-bond acceptors (Lipinski definition) is 3. The molecular weight excluding hydrogens is 196 g/mol. The van der Waals surface area contributed by atoms with E-state index in [-0.39, 0.29) is 12.5 Å². The van der Waals surface area contributed by atoms with Crippen molar-refractivity contribution in [3.63, 3.8) is 0 Å². The molecule has 74 valence electrons. The summed E-state index contributed by atoms with van der Waals surface area (Å²) in [6.07, 6.45) is 0. The van der Waals surface area contributed by atoms with Gasteiger partial charge < -0.3 is 4.90 Å². The molecule has 0 aromatic carbocycles. The highest BCUT2D eigenvalue weighted by Crippen LogP contribution is 2.16. The maximum absolute atomic E-state index is 11.8. The molecule has 0 saturated carbocycles. The molecule has 0 aliphatic rings. The van der Waals surface area contributed by atoms with Crippen LogP contribution < -0.4 is 0 Å². The van der Waals surface area contributed by atoms with Crippen molar-refractivity contribution < 1.29 is 4.79 Å². The van der Waals surface area contributed by atoms with Crippen molar-refractivity contribution >= 4 is 17.2 Å². The fourth-order valence-corrected chi connectivity index (χ4v) is 1.95. The highest BCUT2D eigenvalue weighted by Gasteiger charge is 2.14. The van der Waals surface area contributed by atoms with Crippen LogP contribution in [0.25, 0.3) is 0 Å². The van der Waals surface area contributed by atoms with Crippen molar-refractivity contribution in [2.75, 3.05) is 13.1 Å². The normalized spacial score (nSPS) is 9.50. The van der Waals surface area contributed by atoms with Crippen LogP contribution in [-0.4, -0.2) is 23.9 Å². The number of carbonyl (C=O) groups is 1. The molecule has 1 aromatic rings. The summed E-state index contributed by atoms with van der Waals surface area (Å²) in [5.41, 5.74) is 0. The average Bonchev–Trinajstić information content (AvgIpc) is 2.60. The minimum Gasteiger partial charge on any atom is -0.325 e. The summed E-state index contributed by atoms with van der Waals surface area (Å²) in [5, 5.41) is 8.53. The lowest BCUT2D eigenvalue weighted by atomic mass is 10.3. The number of thiophene rings is 1. The Labute approximate surface area is 87.6 Å². The Morgan fingerprint density at radius 3 is 2.79 bits per heavy atom. The van der Waals surface area contributed by atoms with E-state index in [4.69, 9.17) is 5.26 Å². The highest BCUT2D eigenvalue weighted by atomic mass is 32.1. The van der Waals surface area contributed by atoms with Gasteiger partial charge in [-0.3, -0.25) is 4.79 Å². The summed E-state index contributed by atoms with van der Waals surface area (Å²) >= 11 is 1.46. The third kappa shape index (κ3) is 2.33. The fourth-order valence-electron chi connectivity index (χ4n) is 1.12. The first-order valence-electron chi connectivity index (χ1n) is 4.41. The number of nitrogens with zero attached hydrogens (tertiary/aromatic N) is 2. The van der Waals surface area contributed by atoms with Gasteiger partial charge in [0.05, 0.1) is 10.9 Å². The molecule has 0 fully saturated rings. The van der Waals surface area contributed by atoms with Crippen LogP contribution in [-0.2, 0) is 0 Å². The molecule has 14 heavy (non-hydrogen) atoms. The second-order valence-corrected chi connectivity index (χ2v) is 4.18. The van der Waals surface area contributed by atoms with Gasteiger partial charge in [0.1, 0.15) is 6.54 Å². The largest absolute Gasteiger partial charge is 0.325 e. The van der Waals surface area contributed by atoms with Gasteiger partial charge >= 0.3 is 0 Å². The maximum Gasteiger partial charge on any atom is 0.264 e. The molecule has 0 bridgehead atoms. The van der Waals surface area contributed by atoms with Crippen molar-refractivity contribution in [2.24, 2.45) is 0 Å². The average molecular weight is 208 g/mol. The summed E-state index contributed by atoms with van der Waals surface area (Å²) in [5.74, 6) is -0.0489. The van der Waals surface area contributed by atoms with Crippen LogP contribution in [0.15, 0.2) is 12.1 Å². The Morgan fingerprint density at radius 1 is 1.64 bits per heavy atom. The molecule has 1 aromatic heterocycles. The van der Waals surface area contributed by atoms with Gasteiger partial charge in [-0.15, -0.1) is 11.3 Å². The predicted molar refractivity (Wildman–Crippen MR) is 56.2 cm³/mol. The van der Waals surface area contributed by atoms with Crippen LogP contribution >= 0.6 is 11.3 Å². The van der Waals surface area contributed by atoms with Gasteiger partial charge in [0, 0.05) is 11.4 Å². The zero-order valence-electron chi connectivity index (χ0n) is 8.28. The first-order chi connectivity index (χ1) is 6.69. The summed E-state index contributed by atoms with van der Waals surface area (Å²) in [7, 11) is 0. The summed E-state index contributed by atoms with van der Waals surface area (Å²) in [4.78, 5) is 15.1. The molecule has 0 atom stereocenters. The van der Waals surface area contributed by atoms with Crippen LogP contribution in [0.1, 0.15) is 21.5 Å². The molecule has 0 saturated heterocycles.